The molecule has 3 nitrogen and oxygen atoms in total. The van der Waals surface area contributed by atoms with Crippen LogP contribution in [0.25, 0.3) is 0 Å². The Balaban J connectivity index is 1.87. The van der Waals surface area contributed by atoms with Crippen molar-refractivity contribution in [3.05, 3.63) is 23.3 Å². The molecule has 1 N–H and O–H groups in total. The molecule has 1 aromatic heterocycles. The third-order valence-corrected chi connectivity index (χ3v) is 3.64. The molecule has 1 aliphatic carbocycles. The number of rotatable bonds is 1. The van der Waals surface area contributed by atoms with Gasteiger partial charge in [0, 0.05) is 30.8 Å². The minimum Gasteiger partial charge on any atom is -0.307 e. The maximum atomic E-state index is 4.70. The van der Waals surface area contributed by atoms with Crippen molar-refractivity contribution < 1.29 is 0 Å². The standard InChI is InChI=1S/C12H17N3/c1-8-2-3-9(4-8)12-14-6-10-5-13-7-11(10)15-12/h6,8-9,13H,2-5,7H2,1H3. The van der Waals surface area contributed by atoms with E-state index in [9.17, 15) is 0 Å². The van der Waals surface area contributed by atoms with Crippen molar-refractivity contribution in [1.82, 2.24) is 15.3 Å². The average molecular weight is 203 g/mol. The lowest BCUT2D eigenvalue weighted by atomic mass is 10.1. The second-order valence-electron chi connectivity index (χ2n) is 4.92. The predicted molar refractivity (Wildman–Crippen MR) is 58.3 cm³/mol. The number of fused-ring (bicyclic) bond motifs is 1. The molecule has 0 saturated heterocycles. The number of aromatic nitrogens is 2. The van der Waals surface area contributed by atoms with Gasteiger partial charge in [-0.15, -0.1) is 0 Å². The molecule has 0 radical (unpaired) electrons. The van der Waals surface area contributed by atoms with Gasteiger partial charge in [-0.3, -0.25) is 0 Å². The van der Waals surface area contributed by atoms with Crippen LogP contribution in [0, 0.1) is 5.92 Å². The van der Waals surface area contributed by atoms with Gasteiger partial charge in [-0.05, 0) is 25.2 Å². The molecule has 2 heterocycles. The Morgan fingerprint density at radius 1 is 1.33 bits per heavy atom. The lowest BCUT2D eigenvalue weighted by Crippen LogP contribution is -2.04. The van der Waals surface area contributed by atoms with E-state index in [4.69, 9.17) is 4.98 Å². The first-order valence-electron chi connectivity index (χ1n) is 5.88. The maximum Gasteiger partial charge on any atom is 0.131 e. The van der Waals surface area contributed by atoms with Gasteiger partial charge in [-0.2, -0.15) is 0 Å². The van der Waals surface area contributed by atoms with Crippen LogP contribution < -0.4 is 5.32 Å². The van der Waals surface area contributed by atoms with Crippen LogP contribution in [0.4, 0.5) is 0 Å². The lowest BCUT2D eigenvalue weighted by molar-refractivity contribution is 0.583. The second kappa shape index (κ2) is 3.56. The molecule has 3 rings (SSSR count). The van der Waals surface area contributed by atoms with E-state index >= 15 is 0 Å². The van der Waals surface area contributed by atoms with Crippen molar-refractivity contribution in [2.24, 2.45) is 5.92 Å². The monoisotopic (exact) mass is 203 g/mol. The summed E-state index contributed by atoms with van der Waals surface area (Å²) in [5.41, 5.74) is 2.50. The molecule has 1 fully saturated rings. The van der Waals surface area contributed by atoms with Gasteiger partial charge >= 0.3 is 0 Å². The summed E-state index contributed by atoms with van der Waals surface area (Å²) in [5.74, 6) is 2.55. The summed E-state index contributed by atoms with van der Waals surface area (Å²) in [6, 6.07) is 0. The Kier molecular flexibility index (Phi) is 2.20. The first-order chi connectivity index (χ1) is 7.33. The summed E-state index contributed by atoms with van der Waals surface area (Å²) in [4.78, 5) is 9.21. The molecule has 0 spiro atoms. The van der Waals surface area contributed by atoms with Crippen molar-refractivity contribution >= 4 is 0 Å². The Labute approximate surface area is 90.3 Å². The van der Waals surface area contributed by atoms with E-state index in [0.29, 0.717) is 5.92 Å². The SMILES string of the molecule is CC1CCC(c2ncc3c(n2)CNC3)C1. The van der Waals surface area contributed by atoms with Crippen LogP contribution in [0.1, 0.15) is 49.2 Å². The normalized spacial score (nSPS) is 29.4. The number of nitrogens with zero attached hydrogens (tertiary/aromatic N) is 2. The van der Waals surface area contributed by atoms with Gasteiger partial charge in [0.05, 0.1) is 5.69 Å². The highest BCUT2D eigenvalue weighted by molar-refractivity contribution is 5.22. The molecule has 0 bridgehead atoms. The number of nitrogens with one attached hydrogen (secondary N) is 1. The smallest absolute Gasteiger partial charge is 0.131 e. The third kappa shape index (κ3) is 1.65. The third-order valence-electron chi connectivity index (χ3n) is 3.64. The fourth-order valence-electron chi connectivity index (χ4n) is 2.71. The van der Waals surface area contributed by atoms with Crippen LogP contribution in [-0.2, 0) is 13.1 Å². The van der Waals surface area contributed by atoms with Gasteiger partial charge in [-0.25, -0.2) is 9.97 Å². The second-order valence-corrected chi connectivity index (χ2v) is 4.92. The average Bonchev–Trinajstić information content (AvgIpc) is 2.84. The van der Waals surface area contributed by atoms with Crippen LogP contribution >= 0.6 is 0 Å². The van der Waals surface area contributed by atoms with Gasteiger partial charge < -0.3 is 5.32 Å². The molecule has 1 aromatic rings. The first-order valence-corrected chi connectivity index (χ1v) is 5.88. The van der Waals surface area contributed by atoms with Crippen molar-refractivity contribution in [2.75, 3.05) is 0 Å². The van der Waals surface area contributed by atoms with E-state index in [1.54, 1.807) is 0 Å². The van der Waals surface area contributed by atoms with Crippen molar-refractivity contribution in [3.8, 4) is 0 Å². The van der Waals surface area contributed by atoms with Gasteiger partial charge in [0.2, 0.25) is 0 Å². The highest BCUT2D eigenvalue weighted by Gasteiger charge is 2.26. The van der Waals surface area contributed by atoms with E-state index in [1.807, 2.05) is 6.20 Å². The highest BCUT2D eigenvalue weighted by atomic mass is 15.0. The number of hydrogen-bond donors (Lipinski definition) is 1. The quantitative estimate of drug-likeness (QED) is 0.758. The summed E-state index contributed by atoms with van der Waals surface area (Å²) in [5, 5.41) is 3.31. The fourth-order valence-corrected chi connectivity index (χ4v) is 2.71. The van der Waals surface area contributed by atoms with Crippen LogP contribution in [0.2, 0.25) is 0 Å². The lowest BCUT2D eigenvalue weighted by Gasteiger charge is -2.08. The molecular weight excluding hydrogens is 186 g/mol. The van der Waals surface area contributed by atoms with Crippen molar-refractivity contribution in [3.63, 3.8) is 0 Å². The van der Waals surface area contributed by atoms with E-state index in [0.717, 1.165) is 24.8 Å². The molecule has 1 aliphatic heterocycles. The largest absolute Gasteiger partial charge is 0.307 e. The molecule has 3 heteroatoms. The zero-order valence-corrected chi connectivity index (χ0v) is 9.16. The molecular formula is C12H17N3. The van der Waals surface area contributed by atoms with E-state index in [2.05, 4.69) is 17.2 Å². The van der Waals surface area contributed by atoms with Crippen LogP contribution in [0.15, 0.2) is 6.20 Å². The molecule has 2 atom stereocenters. The predicted octanol–water partition coefficient (Wildman–Crippen LogP) is 1.98. The summed E-state index contributed by atoms with van der Waals surface area (Å²) in [7, 11) is 0. The molecule has 15 heavy (non-hydrogen) atoms. The van der Waals surface area contributed by atoms with E-state index in [1.165, 1.54) is 30.5 Å². The van der Waals surface area contributed by atoms with Crippen molar-refractivity contribution in [1.29, 1.82) is 0 Å². The molecule has 2 unspecified atom stereocenters. The summed E-state index contributed by atoms with van der Waals surface area (Å²) in [6.45, 7) is 4.19. The molecule has 0 amide bonds. The number of hydrogen-bond acceptors (Lipinski definition) is 3. The van der Waals surface area contributed by atoms with Gasteiger partial charge in [0.1, 0.15) is 5.82 Å². The van der Waals surface area contributed by atoms with Gasteiger partial charge in [0.25, 0.3) is 0 Å². The molecule has 80 valence electrons. The molecule has 2 aliphatic rings. The van der Waals surface area contributed by atoms with E-state index in [-0.39, 0.29) is 0 Å². The maximum absolute atomic E-state index is 4.70. The zero-order valence-electron chi connectivity index (χ0n) is 9.16. The molecule has 0 aromatic carbocycles. The fraction of sp³-hybridized carbons (Fsp3) is 0.667. The van der Waals surface area contributed by atoms with Crippen LogP contribution in [0.3, 0.4) is 0 Å². The Morgan fingerprint density at radius 2 is 2.27 bits per heavy atom. The minimum atomic E-state index is 0.617. The highest BCUT2D eigenvalue weighted by Crippen LogP contribution is 2.36. The van der Waals surface area contributed by atoms with Crippen LogP contribution in [-0.4, -0.2) is 9.97 Å². The Hall–Kier alpha value is -0.960. The zero-order chi connectivity index (χ0) is 10.3. The summed E-state index contributed by atoms with van der Waals surface area (Å²) >= 11 is 0. The Morgan fingerprint density at radius 3 is 3.07 bits per heavy atom. The van der Waals surface area contributed by atoms with Gasteiger partial charge in [-0.1, -0.05) is 6.92 Å². The van der Waals surface area contributed by atoms with E-state index < -0.39 is 0 Å². The Bertz CT molecular complexity index is 375. The first kappa shape index (κ1) is 9.28. The van der Waals surface area contributed by atoms with Gasteiger partial charge in [0.15, 0.2) is 0 Å². The summed E-state index contributed by atoms with van der Waals surface area (Å²) in [6.07, 6.45) is 5.89. The topological polar surface area (TPSA) is 37.8 Å². The molecule has 1 saturated carbocycles. The van der Waals surface area contributed by atoms with Crippen LogP contribution in [0.5, 0.6) is 0 Å². The summed E-state index contributed by atoms with van der Waals surface area (Å²) < 4.78 is 0. The van der Waals surface area contributed by atoms with Crippen molar-refractivity contribution in [2.45, 2.75) is 45.2 Å². The minimum absolute atomic E-state index is 0.617.